The molecular weight excluding hydrogens is 330 g/mol. The van der Waals surface area contributed by atoms with Gasteiger partial charge in [0.15, 0.2) is 6.61 Å². The number of thiophene rings is 1. The largest absolute Gasteiger partial charge is 0.482 e. The highest BCUT2D eigenvalue weighted by Gasteiger charge is 2.26. The Morgan fingerprint density at radius 2 is 2.25 bits per heavy atom. The van der Waals surface area contributed by atoms with Gasteiger partial charge in [-0.05, 0) is 40.6 Å². The summed E-state index contributed by atoms with van der Waals surface area (Å²) in [4.78, 5) is 25.0. The van der Waals surface area contributed by atoms with Crippen LogP contribution >= 0.6 is 11.3 Å². The smallest absolute Gasteiger partial charge is 0.341 e. The molecule has 1 saturated heterocycles. The van der Waals surface area contributed by atoms with Crippen LogP contribution in [0.4, 0.5) is 0 Å². The second-order valence-corrected chi connectivity index (χ2v) is 6.16. The van der Waals surface area contributed by atoms with Crippen molar-refractivity contribution in [2.45, 2.75) is 6.10 Å². The molecule has 126 valence electrons. The molecule has 0 saturated carbocycles. The molecule has 3 rings (SSSR count). The summed E-state index contributed by atoms with van der Waals surface area (Å²) in [5.74, 6) is -0.802. The molecule has 24 heavy (non-hydrogen) atoms. The molecule has 1 aliphatic rings. The number of carbonyl (C=O) groups excluding carboxylic acids is 1. The Kier molecular flexibility index (Phi) is 5.12. The molecule has 0 spiro atoms. The number of aliphatic carboxylic acids is 1. The zero-order valence-corrected chi connectivity index (χ0v) is 13.7. The van der Waals surface area contributed by atoms with Crippen LogP contribution in [0, 0.1) is 0 Å². The van der Waals surface area contributed by atoms with Gasteiger partial charge in [-0.1, -0.05) is 6.07 Å². The van der Waals surface area contributed by atoms with Gasteiger partial charge in [-0.15, -0.1) is 0 Å². The summed E-state index contributed by atoms with van der Waals surface area (Å²) in [6.45, 7) is 1.08. The monoisotopic (exact) mass is 347 g/mol. The van der Waals surface area contributed by atoms with Gasteiger partial charge in [0.25, 0.3) is 5.91 Å². The molecule has 1 fully saturated rings. The van der Waals surface area contributed by atoms with Crippen LogP contribution in [-0.4, -0.2) is 48.2 Å². The van der Waals surface area contributed by atoms with Crippen molar-refractivity contribution in [1.82, 2.24) is 4.90 Å². The van der Waals surface area contributed by atoms with Gasteiger partial charge in [-0.25, -0.2) is 4.79 Å². The number of morpholine rings is 1. The number of carbonyl (C=O) groups is 2. The molecule has 1 aromatic heterocycles. The molecule has 0 unspecified atom stereocenters. The van der Waals surface area contributed by atoms with Crippen molar-refractivity contribution >= 4 is 23.2 Å². The standard InChI is InChI=1S/C17H17NO5S/c19-16(20)10-23-14-3-1-2-12(8-14)17(21)18-5-6-22-15(9-18)13-4-7-24-11-13/h1-4,7-8,11,15H,5-6,9-10H2,(H,19,20)/t15-/m1/s1. The average molecular weight is 347 g/mol. The fourth-order valence-electron chi connectivity index (χ4n) is 2.54. The average Bonchev–Trinajstić information content (AvgIpc) is 3.14. The lowest BCUT2D eigenvalue weighted by Gasteiger charge is -2.32. The predicted octanol–water partition coefficient (Wildman–Crippen LogP) is 2.43. The number of rotatable bonds is 5. The van der Waals surface area contributed by atoms with Crippen molar-refractivity contribution in [3.8, 4) is 5.75 Å². The van der Waals surface area contributed by atoms with Crippen molar-refractivity contribution in [1.29, 1.82) is 0 Å². The van der Waals surface area contributed by atoms with E-state index in [0.717, 1.165) is 5.56 Å². The molecule has 1 atom stereocenters. The summed E-state index contributed by atoms with van der Waals surface area (Å²) < 4.78 is 10.9. The van der Waals surface area contributed by atoms with Gasteiger partial charge in [0.2, 0.25) is 0 Å². The van der Waals surface area contributed by atoms with E-state index in [1.807, 2.05) is 16.8 Å². The summed E-state index contributed by atoms with van der Waals surface area (Å²) in [5.41, 5.74) is 1.56. The third-order valence-electron chi connectivity index (χ3n) is 3.71. The summed E-state index contributed by atoms with van der Waals surface area (Å²) in [6, 6.07) is 8.59. The fourth-order valence-corrected chi connectivity index (χ4v) is 3.24. The summed E-state index contributed by atoms with van der Waals surface area (Å²) in [5, 5.41) is 12.7. The van der Waals surface area contributed by atoms with Gasteiger partial charge in [0, 0.05) is 12.1 Å². The van der Waals surface area contributed by atoms with E-state index in [-0.39, 0.29) is 12.0 Å². The normalized spacial score (nSPS) is 17.5. The van der Waals surface area contributed by atoms with Gasteiger partial charge in [-0.2, -0.15) is 11.3 Å². The van der Waals surface area contributed by atoms with Crippen molar-refractivity contribution < 1.29 is 24.2 Å². The lowest BCUT2D eigenvalue weighted by molar-refractivity contribution is -0.139. The predicted molar refractivity (Wildman–Crippen MR) is 88.5 cm³/mol. The van der Waals surface area contributed by atoms with E-state index >= 15 is 0 Å². The first-order chi connectivity index (χ1) is 11.6. The fraction of sp³-hybridized carbons (Fsp3) is 0.294. The first kappa shape index (κ1) is 16.5. The van der Waals surface area contributed by atoms with Crippen LogP contribution in [-0.2, 0) is 9.53 Å². The van der Waals surface area contributed by atoms with E-state index in [4.69, 9.17) is 14.6 Å². The first-order valence-electron chi connectivity index (χ1n) is 7.51. The number of nitrogens with zero attached hydrogens (tertiary/aromatic N) is 1. The molecule has 2 heterocycles. The minimum atomic E-state index is -1.06. The number of amides is 1. The Labute approximate surface area is 143 Å². The van der Waals surface area contributed by atoms with Crippen LogP contribution in [0.5, 0.6) is 5.75 Å². The van der Waals surface area contributed by atoms with Gasteiger partial charge < -0.3 is 19.5 Å². The van der Waals surface area contributed by atoms with E-state index in [0.29, 0.717) is 31.0 Å². The molecule has 0 radical (unpaired) electrons. The van der Waals surface area contributed by atoms with E-state index in [9.17, 15) is 9.59 Å². The SMILES string of the molecule is O=C(O)COc1cccc(C(=O)N2CCO[C@@H](c3ccsc3)C2)c1. The van der Waals surface area contributed by atoms with Gasteiger partial charge >= 0.3 is 5.97 Å². The van der Waals surface area contributed by atoms with E-state index in [2.05, 4.69) is 0 Å². The molecule has 6 nitrogen and oxygen atoms in total. The van der Waals surface area contributed by atoms with Crippen LogP contribution in [0.15, 0.2) is 41.1 Å². The number of hydrogen-bond acceptors (Lipinski definition) is 5. The van der Waals surface area contributed by atoms with Crippen LogP contribution in [0.1, 0.15) is 22.0 Å². The third-order valence-corrected chi connectivity index (χ3v) is 4.41. The van der Waals surface area contributed by atoms with Crippen LogP contribution in [0.25, 0.3) is 0 Å². The number of hydrogen-bond donors (Lipinski definition) is 1. The second-order valence-electron chi connectivity index (χ2n) is 5.38. The molecule has 1 aromatic carbocycles. The van der Waals surface area contributed by atoms with Crippen molar-refractivity contribution in [2.24, 2.45) is 0 Å². The van der Waals surface area contributed by atoms with Crippen molar-refractivity contribution in [3.05, 3.63) is 52.2 Å². The molecule has 7 heteroatoms. The molecule has 1 amide bonds. The zero-order chi connectivity index (χ0) is 16.9. The summed E-state index contributed by atoms with van der Waals surface area (Å²) in [7, 11) is 0. The van der Waals surface area contributed by atoms with E-state index in [1.54, 1.807) is 40.5 Å². The number of ether oxygens (including phenoxy) is 2. The summed E-state index contributed by atoms with van der Waals surface area (Å²) in [6.07, 6.45) is -0.111. The lowest BCUT2D eigenvalue weighted by atomic mass is 10.1. The van der Waals surface area contributed by atoms with Crippen molar-refractivity contribution in [3.63, 3.8) is 0 Å². The van der Waals surface area contributed by atoms with Gasteiger partial charge in [0.1, 0.15) is 11.9 Å². The van der Waals surface area contributed by atoms with Gasteiger partial charge in [-0.3, -0.25) is 4.79 Å². The van der Waals surface area contributed by atoms with E-state index in [1.165, 1.54) is 0 Å². The highest BCUT2D eigenvalue weighted by Crippen LogP contribution is 2.25. The molecule has 0 bridgehead atoms. The Balaban J connectivity index is 1.69. The minimum absolute atomic E-state index is 0.111. The third kappa shape index (κ3) is 3.93. The maximum Gasteiger partial charge on any atom is 0.341 e. The highest BCUT2D eigenvalue weighted by atomic mass is 32.1. The molecule has 1 N–H and O–H groups in total. The number of carboxylic acids is 1. The Bertz CT molecular complexity index is 716. The molecule has 0 aliphatic carbocycles. The molecule has 2 aromatic rings. The second kappa shape index (κ2) is 7.46. The van der Waals surface area contributed by atoms with Crippen LogP contribution in [0.2, 0.25) is 0 Å². The Morgan fingerprint density at radius 3 is 3.00 bits per heavy atom. The lowest BCUT2D eigenvalue weighted by Crippen LogP contribution is -2.42. The number of carboxylic acid groups (broad SMARTS) is 1. The maximum atomic E-state index is 12.7. The molecule has 1 aliphatic heterocycles. The zero-order valence-electron chi connectivity index (χ0n) is 12.9. The van der Waals surface area contributed by atoms with Crippen molar-refractivity contribution in [2.75, 3.05) is 26.3 Å². The topological polar surface area (TPSA) is 76.1 Å². The first-order valence-corrected chi connectivity index (χ1v) is 8.45. The van der Waals surface area contributed by atoms with E-state index < -0.39 is 12.6 Å². The summed E-state index contributed by atoms with van der Waals surface area (Å²) >= 11 is 1.60. The Hall–Kier alpha value is -2.38. The van der Waals surface area contributed by atoms with Crippen LogP contribution in [0.3, 0.4) is 0 Å². The molecular formula is C17H17NO5S. The van der Waals surface area contributed by atoms with Crippen LogP contribution < -0.4 is 4.74 Å². The maximum absolute atomic E-state index is 12.7. The highest BCUT2D eigenvalue weighted by molar-refractivity contribution is 7.07. The Morgan fingerprint density at radius 1 is 1.38 bits per heavy atom. The number of benzene rings is 1. The van der Waals surface area contributed by atoms with Gasteiger partial charge in [0.05, 0.1) is 13.2 Å². The minimum Gasteiger partial charge on any atom is -0.482 e. The quantitative estimate of drug-likeness (QED) is 0.899.